The minimum absolute atomic E-state index is 0. The van der Waals surface area contributed by atoms with Gasteiger partial charge < -0.3 is 11.1 Å². The van der Waals surface area contributed by atoms with Gasteiger partial charge in [-0.3, -0.25) is 4.79 Å². The highest BCUT2D eigenvalue weighted by Gasteiger charge is 2.29. The fraction of sp³-hybridized carbons (Fsp3) is 0.462. The molecule has 0 aliphatic rings. The van der Waals surface area contributed by atoms with E-state index in [0.29, 0.717) is 6.07 Å². The summed E-state index contributed by atoms with van der Waals surface area (Å²) in [5.41, 5.74) is 4.82. The van der Waals surface area contributed by atoms with Gasteiger partial charge in [0.2, 0.25) is 0 Å². The molecule has 0 aliphatic heterocycles. The number of nitrogens with one attached hydrogen (secondary N) is 1. The number of hydrogen-bond acceptors (Lipinski definition) is 2. The Labute approximate surface area is 118 Å². The predicted octanol–water partition coefficient (Wildman–Crippen LogP) is 2.49. The zero-order chi connectivity index (χ0) is 13.9. The Morgan fingerprint density at radius 2 is 2.00 bits per heavy atom. The largest absolute Gasteiger partial charge is 0.345 e. The van der Waals surface area contributed by atoms with E-state index < -0.39 is 23.1 Å². The van der Waals surface area contributed by atoms with Crippen molar-refractivity contribution in [3.63, 3.8) is 0 Å². The van der Waals surface area contributed by atoms with Gasteiger partial charge in [-0.15, -0.1) is 12.4 Å². The maximum absolute atomic E-state index is 13.4. The van der Waals surface area contributed by atoms with Gasteiger partial charge in [0.05, 0.1) is 11.1 Å². The van der Waals surface area contributed by atoms with E-state index in [1.54, 1.807) is 6.92 Å². The van der Waals surface area contributed by atoms with E-state index in [0.717, 1.165) is 12.1 Å². The van der Waals surface area contributed by atoms with Crippen molar-refractivity contribution in [3.05, 3.63) is 35.4 Å². The fourth-order valence-corrected chi connectivity index (χ4v) is 1.43. The third kappa shape index (κ3) is 4.14. The molecule has 1 unspecified atom stereocenters. The number of benzene rings is 1. The Hall–Kier alpha value is -1.20. The van der Waals surface area contributed by atoms with Crippen molar-refractivity contribution in [2.24, 2.45) is 11.7 Å². The molecule has 3 N–H and O–H groups in total. The maximum atomic E-state index is 13.4. The van der Waals surface area contributed by atoms with Crippen LogP contribution in [0.15, 0.2) is 18.2 Å². The van der Waals surface area contributed by atoms with Gasteiger partial charge in [-0.2, -0.15) is 0 Å². The first-order valence-electron chi connectivity index (χ1n) is 5.78. The van der Waals surface area contributed by atoms with Crippen LogP contribution in [0, 0.1) is 17.6 Å². The number of rotatable bonds is 4. The van der Waals surface area contributed by atoms with Gasteiger partial charge in [-0.1, -0.05) is 13.8 Å². The number of nitrogens with two attached hydrogens (primary N) is 1. The summed E-state index contributed by atoms with van der Waals surface area (Å²) in [5.74, 6) is -2.09. The van der Waals surface area contributed by atoms with Crippen molar-refractivity contribution in [2.45, 2.75) is 26.3 Å². The molecule has 1 amide bonds. The highest BCUT2D eigenvalue weighted by atomic mass is 35.5. The number of halogens is 3. The SMILES string of the molecule is CC(C)C(C)(CN)NC(=O)c1ccc(F)cc1F.Cl. The lowest BCUT2D eigenvalue weighted by atomic mass is 9.88. The maximum Gasteiger partial charge on any atom is 0.254 e. The third-order valence-electron chi connectivity index (χ3n) is 3.27. The second-order valence-electron chi connectivity index (χ2n) is 4.85. The van der Waals surface area contributed by atoms with Crippen LogP contribution in [0.5, 0.6) is 0 Å². The fourth-order valence-electron chi connectivity index (χ4n) is 1.43. The van der Waals surface area contributed by atoms with Crippen LogP contribution in [-0.2, 0) is 0 Å². The molecular weight excluding hydrogens is 274 g/mol. The topological polar surface area (TPSA) is 55.1 Å². The normalized spacial score (nSPS) is 13.6. The minimum Gasteiger partial charge on any atom is -0.345 e. The molecular formula is C13H19ClF2N2O. The molecule has 3 nitrogen and oxygen atoms in total. The average Bonchev–Trinajstić information content (AvgIpc) is 2.28. The summed E-state index contributed by atoms with van der Waals surface area (Å²) in [5, 5.41) is 2.69. The van der Waals surface area contributed by atoms with Crippen LogP contribution in [0.4, 0.5) is 8.78 Å². The van der Waals surface area contributed by atoms with E-state index in [4.69, 9.17) is 5.73 Å². The first-order chi connectivity index (χ1) is 8.30. The zero-order valence-corrected chi connectivity index (χ0v) is 12.0. The minimum atomic E-state index is -0.879. The molecule has 0 aromatic heterocycles. The number of carbonyl (C=O) groups excluding carboxylic acids is 1. The Morgan fingerprint density at radius 3 is 2.42 bits per heavy atom. The number of hydrogen-bond donors (Lipinski definition) is 2. The van der Waals surface area contributed by atoms with Crippen LogP contribution >= 0.6 is 12.4 Å². The van der Waals surface area contributed by atoms with Gasteiger partial charge >= 0.3 is 0 Å². The van der Waals surface area contributed by atoms with Crippen LogP contribution in [0.3, 0.4) is 0 Å². The Kier molecular flexibility index (Phi) is 6.39. The quantitative estimate of drug-likeness (QED) is 0.896. The molecule has 0 aliphatic carbocycles. The van der Waals surface area contributed by atoms with Crippen molar-refractivity contribution in [1.29, 1.82) is 0 Å². The van der Waals surface area contributed by atoms with Crippen LogP contribution in [-0.4, -0.2) is 18.0 Å². The molecule has 108 valence electrons. The summed E-state index contributed by atoms with van der Waals surface area (Å²) in [6.07, 6.45) is 0. The van der Waals surface area contributed by atoms with Gasteiger partial charge in [-0.25, -0.2) is 8.78 Å². The van der Waals surface area contributed by atoms with Crippen LogP contribution in [0.1, 0.15) is 31.1 Å². The Balaban J connectivity index is 0.00000324. The first kappa shape index (κ1) is 17.8. The smallest absolute Gasteiger partial charge is 0.254 e. The van der Waals surface area contributed by atoms with Gasteiger partial charge in [-0.05, 0) is 25.0 Å². The number of carbonyl (C=O) groups is 1. The zero-order valence-electron chi connectivity index (χ0n) is 11.2. The molecule has 1 aromatic carbocycles. The molecule has 0 heterocycles. The van der Waals surface area contributed by atoms with Crippen molar-refractivity contribution >= 4 is 18.3 Å². The average molecular weight is 293 g/mol. The molecule has 19 heavy (non-hydrogen) atoms. The first-order valence-corrected chi connectivity index (χ1v) is 5.78. The lowest BCUT2D eigenvalue weighted by Gasteiger charge is -2.33. The molecule has 1 rings (SSSR count). The molecule has 6 heteroatoms. The number of amides is 1. The molecule has 0 radical (unpaired) electrons. The molecule has 1 aromatic rings. The van der Waals surface area contributed by atoms with E-state index in [1.807, 2.05) is 13.8 Å². The summed E-state index contributed by atoms with van der Waals surface area (Å²) in [7, 11) is 0. The summed E-state index contributed by atoms with van der Waals surface area (Å²) in [4.78, 5) is 11.9. The predicted molar refractivity (Wildman–Crippen MR) is 73.4 cm³/mol. The van der Waals surface area contributed by atoms with Crippen molar-refractivity contribution in [1.82, 2.24) is 5.32 Å². The highest BCUT2D eigenvalue weighted by Crippen LogP contribution is 2.17. The molecule has 0 saturated carbocycles. The van der Waals surface area contributed by atoms with Crippen LogP contribution in [0.2, 0.25) is 0 Å². The van der Waals surface area contributed by atoms with Crippen molar-refractivity contribution in [2.75, 3.05) is 6.54 Å². The lowest BCUT2D eigenvalue weighted by Crippen LogP contribution is -2.55. The van der Waals surface area contributed by atoms with E-state index in [-0.39, 0.29) is 30.4 Å². The van der Waals surface area contributed by atoms with E-state index in [2.05, 4.69) is 5.32 Å². The van der Waals surface area contributed by atoms with Crippen molar-refractivity contribution < 1.29 is 13.6 Å². The van der Waals surface area contributed by atoms with Crippen molar-refractivity contribution in [3.8, 4) is 0 Å². The van der Waals surface area contributed by atoms with Crippen LogP contribution in [0.25, 0.3) is 0 Å². The third-order valence-corrected chi connectivity index (χ3v) is 3.27. The Bertz CT molecular complexity index is 454. The lowest BCUT2D eigenvalue weighted by molar-refractivity contribution is 0.0879. The van der Waals surface area contributed by atoms with Gasteiger partial charge in [0.25, 0.3) is 5.91 Å². The summed E-state index contributed by atoms with van der Waals surface area (Å²) in [6.45, 7) is 5.85. The van der Waals surface area contributed by atoms with Gasteiger partial charge in [0, 0.05) is 12.6 Å². The van der Waals surface area contributed by atoms with E-state index >= 15 is 0 Å². The molecule has 0 bridgehead atoms. The molecule has 1 atom stereocenters. The summed E-state index contributed by atoms with van der Waals surface area (Å²) >= 11 is 0. The molecule has 0 saturated heterocycles. The van der Waals surface area contributed by atoms with Gasteiger partial charge in [0.15, 0.2) is 0 Å². The second kappa shape index (κ2) is 6.82. The Morgan fingerprint density at radius 1 is 1.42 bits per heavy atom. The molecule has 0 fully saturated rings. The van der Waals surface area contributed by atoms with Gasteiger partial charge in [0.1, 0.15) is 11.6 Å². The van der Waals surface area contributed by atoms with E-state index in [9.17, 15) is 13.6 Å². The molecule has 0 spiro atoms. The standard InChI is InChI=1S/C13H18F2N2O.ClH/c1-8(2)13(3,7-16)17-12(18)10-5-4-9(14)6-11(10)15;/h4-6,8H,7,16H2,1-3H3,(H,17,18);1H. The summed E-state index contributed by atoms with van der Waals surface area (Å²) in [6, 6.07) is 2.86. The second-order valence-corrected chi connectivity index (χ2v) is 4.85. The van der Waals surface area contributed by atoms with Crippen LogP contribution < -0.4 is 11.1 Å². The summed E-state index contributed by atoms with van der Waals surface area (Å²) < 4.78 is 26.2. The van der Waals surface area contributed by atoms with E-state index in [1.165, 1.54) is 0 Å². The highest BCUT2D eigenvalue weighted by molar-refractivity contribution is 5.95. The monoisotopic (exact) mass is 292 g/mol.